The highest BCUT2D eigenvalue weighted by atomic mass is 35.5. The lowest BCUT2D eigenvalue weighted by atomic mass is 9.67. The van der Waals surface area contributed by atoms with E-state index in [4.69, 9.17) is 16.3 Å². The topological polar surface area (TPSA) is 125 Å². The highest BCUT2D eigenvalue weighted by Crippen LogP contribution is 2.47. The SMILES string of the molecule is COc1ccc(N2C(=O)NC(=O)[C@]3(Cc4cc([N+](=O)[O-])ccc4N4CCN(Cc5ccccc5Cl)C[C@@H]43)C2=O)cc1. The first kappa shape index (κ1) is 26.7. The van der Waals surface area contributed by atoms with Crippen molar-refractivity contribution in [2.45, 2.75) is 19.0 Å². The molecule has 0 saturated carbocycles. The molecule has 0 aromatic heterocycles. The molecule has 6 rings (SSSR count). The first-order valence-corrected chi connectivity index (χ1v) is 13.4. The minimum Gasteiger partial charge on any atom is -0.497 e. The van der Waals surface area contributed by atoms with E-state index in [2.05, 4.69) is 10.2 Å². The number of nitro benzene ring substituents is 1. The Bertz CT molecular complexity index is 1580. The van der Waals surface area contributed by atoms with Crippen molar-refractivity contribution >= 4 is 46.5 Å². The van der Waals surface area contributed by atoms with Gasteiger partial charge in [-0.15, -0.1) is 0 Å². The van der Waals surface area contributed by atoms with Gasteiger partial charge in [0.2, 0.25) is 5.91 Å². The number of fused-ring (bicyclic) bond motifs is 4. The van der Waals surface area contributed by atoms with Crippen LogP contribution in [0.3, 0.4) is 0 Å². The number of piperazine rings is 1. The fourth-order valence-electron chi connectivity index (χ4n) is 6.16. The minimum absolute atomic E-state index is 0.101. The van der Waals surface area contributed by atoms with E-state index in [1.807, 2.05) is 29.2 Å². The fraction of sp³-hybridized carbons (Fsp3) is 0.276. The molecule has 3 aliphatic rings. The van der Waals surface area contributed by atoms with Crippen LogP contribution in [0, 0.1) is 15.5 Å². The molecular weight excluding hydrogens is 550 g/mol. The molecule has 0 bridgehead atoms. The molecule has 4 amide bonds. The van der Waals surface area contributed by atoms with Crippen LogP contribution in [0.2, 0.25) is 5.02 Å². The third-order valence-corrected chi connectivity index (χ3v) is 8.55. The number of imide groups is 2. The third-order valence-electron chi connectivity index (χ3n) is 8.18. The highest BCUT2D eigenvalue weighted by Gasteiger charge is 2.63. The number of nitrogens with zero attached hydrogens (tertiary/aromatic N) is 4. The molecule has 0 aliphatic carbocycles. The van der Waals surface area contributed by atoms with Crippen LogP contribution in [0.5, 0.6) is 5.75 Å². The van der Waals surface area contributed by atoms with Gasteiger partial charge in [0.1, 0.15) is 5.75 Å². The number of hydrogen-bond acceptors (Lipinski definition) is 8. The molecule has 2 saturated heterocycles. The van der Waals surface area contributed by atoms with E-state index in [-0.39, 0.29) is 17.8 Å². The van der Waals surface area contributed by atoms with Crippen molar-refractivity contribution < 1.29 is 24.0 Å². The van der Waals surface area contributed by atoms with Crippen LogP contribution < -0.4 is 19.9 Å². The molecule has 2 atom stereocenters. The molecule has 210 valence electrons. The zero-order valence-corrected chi connectivity index (χ0v) is 22.8. The quantitative estimate of drug-likeness (QED) is 0.277. The lowest BCUT2D eigenvalue weighted by molar-refractivity contribution is -0.384. The van der Waals surface area contributed by atoms with Crippen LogP contribution >= 0.6 is 11.6 Å². The van der Waals surface area contributed by atoms with Gasteiger partial charge in [0.05, 0.1) is 23.8 Å². The van der Waals surface area contributed by atoms with Crippen LogP contribution in [0.15, 0.2) is 66.7 Å². The van der Waals surface area contributed by atoms with E-state index >= 15 is 0 Å². The molecule has 0 unspecified atom stereocenters. The van der Waals surface area contributed by atoms with Gasteiger partial charge in [-0.05, 0) is 47.5 Å². The summed E-state index contributed by atoms with van der Waals surface area (Å²) >= 11 is 6.44. The first-order valence-electron chi connectivity index (χ1n) is 13.1. The van der Waals surface area contributed by atoms with Gasteiger partial charge in [-0.2, -0.15) is 0 Å². The summed E-state index contributed by atoms with van der Waals surface area (Å²) in [7, 11) is 1.51. The Morgan fingerprint density at radius 1 is 1.07 bits per heavy atom. The van der Waals surface area contributed by atoms with E-state index in [0.29, 0.717) is 42.5 Å². The zero-order chi connectivity index (χ0) is 28.9. The molecule has 12 heteroatoms. The van der Waals surface area contributed by atoms with Crippen molar-refractivity contribution in [3.63, 3.8) is 0 Å². The van der Waals surface area contributed by atoms with E-state index in [0.717, 1.165) is 16.2 Å². The highest BCUT2D eigenvalue weighted by molar-refractivity contribution is 6.31. The maximum absolute atomic E-state index is 14.5. The molecule has 3 aromatic rings. The Kier molecular flexibility index (Phi) is 6.63. The Morgan fingerprint density at radius 2 is 1.83 bits per heavy atom. The number of anilines is 2. The zero-order valence-electron chi connectivity index (χ0n) is 22.1. The molecule has 3 aliphatic heterocycles. The van der Waals surface area contributed by atoms with Crippen molar-refractivity contribution in [2.24, 2.45) is 5.41 Å². The van der Waals surface area contributed by atoms with Crippen molar-refractivity contribution in [3.8, 4) is 5.75 Å². The van der Waals surface area contributed by atoms with Gasteiger partial charge in [0.25, 0.3) is 11.6 Å². The number of amides is 4. The number of nitro groups is 1. The number of hydrogen-bond donors (Lipinski definition) is 1. The molecule has 2 fully saturated rings. The number of nitrogens with one attached hydrogen (secondary N) is 1. The molecule has 11 nitrogen and oxygen atoms in total. The van der Waals surface area contributed by atoms with Gasteiger partial charge in [0.15, 0.2) is 5.41 Å². The first-order chi connectivity index (χ1) is 19.7. The molecule has 3 aromatic carbocycles. The van der Waals surface area contributed by atoms with Crippen LogP contribution in [0.25, 0.3) is 0 Å². The normalized spacial score (nSPS) is 22.3. The molecule has 1 spiro atoms. The number of methoxy groups -OCH3 is 1. The predicted molar refractivity (Wildman–Crippen MR) is 151 cm³/mol. The van der Waals surface area contributed by atoms with Crippen LogP contribution in [0.4, 0.5) is 21.9 Å². The largest absolute Gasteiger partial charge is 0.497 e. The number of halogens is 1. The number of carbonyl (C=O) groups excluding carboxylic acids is 3. The second kappa shape index (κ2) is 10.2. The Morgan fingerprint density at radius 3 is 2.54 bits per heavy atom. The van der Waals surface area contributed by atoms with Gasteiger partial charge in [0, 0.05) is 55.4 Å². The summed E-state index contributed by atoms with van der Waals surface area (Å²) in [6, 6.07) is 16.9. The molecule has 0 radical (unpaired) electrons. The van der Waals surface area contributed by atoms with E-state index < -0.39 is 34.2 Å². The van der Waals surface area contributed by atoms with E-state index in [1.54, 1.807) is 30.3 Å². The summed E-state index contributed by atoms with van der Waals surface area (Å²) in [6.45, 7) is 1.89. The number of carbonyl (C=O) groups is 3. The summed E-state index contributed by atoms with van der Waals surface area (Å²) < 4.78 is 5.21. The number of benzene rings is 3. The number of non-ortho nitro benzene ring substituents is 1. The smallest absolute Gasteiger partial charge is 0.335 e. The number of rotatable bonds is 5. The van der Waals surface area contributed by atoms with Crippen molar-refractivity contribution in [1.82, 2.24) is 10.2 Å². The van der Waals surface area contributed by atoms with Crippen LogP contribution in [-0.4, -0.2) is 60.5 Å². The maximum Gasteiger partial charge on any atom is 0.335 e. The monoisotopic (exact) mass is 575 g/mol. The molecule has 41 heavy (non-hydrogen) atoms. The standard InChI is InChI=1S/C29H26ClN5O6/c1-41-22-9-6-20(7-10-22)34-27(37)29(26(36)31-28(34)38)15-19-14-21(35(39)40)8-11-24(19)33-13-12-32(17-25(29)33)16-18-4-2-3-5-23(18)30/h2-11,14,25H,12-13,15-17H2,1H3,(H,31,36,38)/t25-,29-/m1/s1. The van der Waals surface area contributed by atoms with Gasteiger partial charge in [-0.25, -0.2) is 9.69 Å². The third kappa shape index (κ3) is 4.37. The fourth-order valence-corrected chi connectivity index (χ4v) is 6.35. The van der Waals surface area contributed by atoms with Crippen molar-refractivity contribution in [3.05, 3.63) is 93.0 Å². The van der Waals surface area contributed by atoms with Crippen LogP contribution in [-0.2, 0) is 22.6 Å². The predicted octanol–water partition coefficient (Wildman–Crippen LogP) is 3.77. The van der Waals surface area contributed by atoms with Crippen LogP contribution in [0.1, 0.15) is 11.1 Å². The molecule has 1 N–H and O–H groups in total. The van der Waals surface area contributed by atoms with Gasteiger partial charge < -0.3 is 9.64 Å². The number of barbiturate groups is 1. The van der Waals surface area contributed by atoms with Crippen molar-refractivity contribution in [1.29, 1.82) is 0 Å². The Labute approximate surface area is 240 Å². The Hall–Kier alpha value is -4.48. The number of ether oxygens (including phenoxy) is 1. The lowest BCUT2D eigenvalue weighted by Crippen LogP contribution is -2.75. The summed E-state index contributed by atoms with van der Waals surface area (Å²) in [5.74, 6) is -0.857. The van der Waals surface area contributed by atoms with Gasteiger partial charge in [-0.1, -0.05) is 29.8 Å². The van der Waals surface area contributed by atoms with E-state index in [9.17, 15) is 24.5 Å². The van der Waals surface area contributed by atoms with Gasteiger partial charge in [-0.3, -0.25) is 29.9 Å². The molecule has 3 heterocycles. The average molecular weight is 576 g/mol. The minimum atomic E-state index is -1.73. The average Bonchev–Trinajstić information content (AvgIpc) is 2.97. The second-order valence-corrected chi connectivity index (χ2v) is 10.8. The number of urea groups is 1. The van der Waals surface area contributed by atoms with Crippen molar-refractivity contribution in [2.75, 3.05) is 36.5 Å². The summed E-state index contributed by atoms with van der Waals surface area (Å²) in [5.41, 5.74) is 0.564. The maximum atomic E-state index is 14.5. The lowest BCUT2D eigenvalue weighted by Gasteiger charge is -2.55. The summed E-state index contributed by atoms with van der Waals surface area (Å²) in [5, 5.41) is 14.6. The molecular formula is C29H26ClN5O6. The van der Waals surface area contributed by atoms with E-state index in [1.165, 1.54) is 19.2 Å². The summed E-state index contributed by atoms with van der Waals surface area (Å²) in [6.07, 6.45) is -0.101. The second-order valence-electron chi connectivity index (χ2n) is 10.4. The van der Waals surface area contributed by atoms with Gasteiger partial charge >= 0.3 is 6.03 Å². The Balaban J connectivity index is 1.45. The summed E-state index contributed by atoms with van der Waals surface area (Å²) in [4.78, 5) is 57.7.